The van der Waals surface area contributed by atoms with Crippen LogP contribution in [-0.4, -0.2) is 15.7 Å². The third-order valence-corrected chi connectivity index (χ3v) is 5.27. The van der Waals surface area contributed by atoms with Crippen LogP contribution >= 0.6 is 11.8 Å². The van der Waals surface area contributed by atoms with Gasteiger partial charge in [-0.05, 0) is 24.6 Å². The van der Waals surface area contributed by atoms with Crippen LogP contribution < -0.4 is 5.32 Å². The number of anilines is 1. The quantitative estimate of drug-likeness (QED) is 0.771. The van der Waals surface area contributed by atoms with Crippen LogP contribution in [0.15, 0.2) is 54.6 Å². The molecule has 126 valence electrons. The average molecular weight is 349 g/mol. The Morgan fingerprint density at radius 3 is 2.64 bits per heavy atom. The van der Waals surface area contributed by atoms with Crippen LogP contribution in [-0.2, 0) is 22.7 Å². The largest absolute Gasteiger partial charge is 0.310 e. The highest BCUT2D eigenvalue weighted by Crippen LogP contribution is 2.36. The van der Waals surface area contributed by atoms with Gasteiger partial charge in [-0.1, -0.05) is 48.0 Å². The van der Waals surface area contributed by atoms with E-state index in [0.717, 1.165) is 39.8 Å². The molecule has 0 bridgehead atoms. The second-order valence-corrected chi connectivity index (χ2v) is 7.21. The van der Waals surface area contributed by atoms with Gasteiger partial charge in [0.15, 0.2) is 0 Å². The van der Waals surface area contributed by atoms with E-state index in [1.54, 1.807) is 0 Å². The number of aromatic nitrogens is 2. The standard InChI is InChI=1S/C20H19N3OS/c1-14-7-9-16(10-8-14)23-20(17-12-25-13-18(17)22-23)21-19(24)11-15-5-3-2-4-6-15/h2-10H,11-13H2,1H3,(H,21,24). The lowest BCUT2D eigenvalue weighted by Gasteiger charge is -2.11. The topological polar surface area (TPSA) is 46.9 Å². The van der Waals surface area contributed by atoms with E-state index in [4.69, 9.17) is 5.10 Å². The zero-order valence-electron chi connectivity index (χ0n) is 14.0. The van der Waals surface area contributed by atoms with E-state index in [-0.39, 0.29) is 5.91 Å². The van der Waals surface area contributed by atoms with Crippen molar-refractivity contribution in [2.45, 2.75) is 24.9 Å². The molecule has 2 aromatic carbocycles. The zero-order chi connectivity index (χ0) is 17.2. The molecule has 0 saturated heterocycles. The summed E-state index contributed by atoms with van der Waals surface area (Å²) >= 11 is 1.83. The SMILES string of the molecule is Cc1ccc(-n2nc3c(c2NC(=O)Cc2ccccc2)CSC3)cc1. The predicted octanol–water partition coefficient (Wildman–Crippen LogP) is 4.11. The third kappa shape index (κ3) is 3.33. The van der Waals surface area contributed by atoms with Gasteiger partial charge in [0, 0.05) is 17.1 Å². The maximum Gasteiger partial charge on any atom is 0.229 e. The van der Waals surface area contributed by atoms with Gasteiger partial charge >= 0.3 is 0 Å². The van der Waals surface area contributed by atoms with Crippen LogP contribution in [0.4, 0.5) is 5.82 Å². The van der Waals surface area contributed by atoms with E-state index < -0.39 is 0 Å². The van der Waals surface area contributed by atoms with Crippen molar-refractivity contribution in [3.63, 3.8) is 0 Å². The molecule has 5 heteroatoms. The molecule has 1 aromatic heterocycles. The summed E-state index contributed by atoms with van der Waals surface area (Å²) in [6.45, 7) is 2.06. The Morgan fingerprint density at radius 2 is 1.88 bits per heavy atom. The summed E-state index contributed by atoms with van der Waals surface area (Å²) in [4.78, 5) is 12.6. The molecule has 1 amide bonds. The summed E-state index contributed by atoms with van der Waals surface area (Å²) in [6.07, 6.45) is 0.363. The Labute approximate surface area is 151 Å². The molecule has 4 nitrogen and oxygen atoms in total. The summed E-state index contributed by atoms with van der Waals surface area (Å²) in [6, 6.07) is 18.0. The lowest BCUT2D eigenvalue weighted by atomic mass is 10.1. The van der Waals surface area contributed by atoms with Gasteiger partial charge in [0.05, 0.1) is 17.8 Å². The normalized spacial score (nSPS) is 12.8. The van der Waals surface area contributed by atoms with Crippen molar-refractivity contribution in [2.24, 2.45) is 0 Å². The Kier molecular flexibility index (Phi) is 4.32. The van der Waals surface area contributed by atoms with Crippen LogP contribution in [0.1, 0.15) is 22.4 Å². The lowest BCUT2D eigenvalue weighted by Crippen LogP contribution is -2.18. The first-order valence-corrected chi connectivity index (χ1v) is 9.45. The van der Waals surface area contributed by atoms with E-state index in [0.29, 0.717) is 6.42 Å². The fourth-order valence-corrected chi connectivity index (χ4v) is 4.01. The highest BCUT2D eigenvalue weighted by atomic mass is 32.2. The summed E-state index contributed by atoms with van der Waals surface area (Å²) in [5.41, 5.74) is 5.40. The number of hydrogen-bond donors (Lipinski definition) is 1. The number of thioether (sulfide) groups is 1. The number of fused-ring (bicyclic) bond motifs is 1. The number of hydrogen-bond acceptors (Lipinski definition) is 3. The van der Waals surface area contributed by atoms with Crippen molar-refractivity contribution in [3.8, 4) is 5.69 Å². The third-order valence-electron chi connectivity index (χ3n) is 4.30. The first-order chi connectivity index (χ1) is 12.2. The number of nitrogens with zero attached hydrogens (tertiary/aromatic N) is 2. The molecule has 0 aliphatic carbocycles. The molecule has 0 fully saturated rings. The number of amides is 1. The molecule has 4 rings (SSSR count). The molecule has 1 aliphatic rings. The summed E-state index contributed by atoms with van der Waals surface area (Å²) in [5, 5.41) is 7.83. The second-order valence-electron chi connectivity index (χ2n) is 6.22. The number of benzene rings is 2. The Balaban J connectivity index is 1.64. The fourth-order valence-electron chi connectivity index (χ4n) is 2.97. The van der Waals surface area contributed by atoms with Gasteiger partial charge in [-0.25, -0.2) is 4.68 Å². The predicted molar refractivity (Wildman–Crippen MR) is 102 cm³/mol. The minimum absolute atomic E-state index is 0.0147. The number of rotatable bonds is 4. The molecule has 0 atom stereocenters. The highest BCUT2D eigenvalue weighted by molar-refractivity contribution is 7.98. The molecule has 1 N–H and O–H groups in total. The smallest absolute Gasteiger partial charge is 0.229 e. The second kappa shape index (κ2) is 6.76. The van der Waals surface area contributed by atoms with Crippen LogP contribution in [0.5, 0.6) is 0 Å². The summed E-state index contributed by atoms with van der Waals surface area (Å²) in [5.74, 6) is 2.58. The monoisotopic (exact) mass is 349 g/mol. The van der Waals surface area contributed by atoms with Crippen LogP contribution in [0, 0.1) is 6.92 Å². The fraction of sp³-hybridized carbons (Fsp3) is 0.200. The number of carbonyl (C=O) groups excluding carboxylic acids is 1. The van der Waals surface area contributed by atoms with E-state index in [2.05, 4.69) is 24.4 Å². The first kappa shape index (κ1) is 16.0. The molecule has 0 radical (unpaired) electrons. The van der Waals surface area contributed by atoms with Crippen molar-refractivity contribution in [2.75, 3.05) is 5.32 Å². The summed E-state index contributed by atoms with van der Waals surface area (Å²) in [7, 11) is 0. The van der Waals surface area contributed by atoms with Gasteiger partial charge in [-0.15, -0.1) is 0 Å². The Bertz CT molecular complexity index is 901. The molecule has 0 spiro atoms. The average Bonchev–Trinajstić information content (AvgIpc) is 3.19. The van der Waals surface area contributed by atoms with Crippen LogP contribution in [0.2, 0.25) is 0 Å². The molecule has 25 heavy (non-hydrogen) atoms. The molecular formula is C20H19N3OS. The van der Waals surface area contributed by atoms with Crippen LogP contribution in [0.3, 0.4) is 0 Å². The van der Waals surface area contributed by atoms with Crippen molar-refractivity contribution in [1.29, 1.82) is 0 Å². The maximum atomic E-state index is 12.6. The Morgan fingerprint density at radius 1 is 1.12 bits per heavy atom. The number of carbonyl (C=O) groups is 1. The number of aryl methyl sites for hydroxylation is 1. The van der Waals surface area contributed by atoms with Crippen molar-refractivity contribution in [1.82, 2.24) is 9.78 Å². The first-order valence-electron chi connectivity index (χ1n) is 8.30. The molecule has 3 aromatic rings. The van der Waals surface area contributed by atoms with Gasteiger partial charge in [-0.3, -0.25) is 4.79 Å². The molecule has 0 saturated carbocycles. The minimum Gasteiger partial charge on any atom is -0.310 e. The molecule has 0 unspecified atom stereocenters. The van der Waals surface area contributed by atoms with Crippen molar-refractivity contribution in [3.05, 3.63) is 77.0 Å². The molecule has 1 aliphatic heterocycles. The number of nitrogens with one attached hydrogen (secondary N) is 1. The van der Waals surface area contributed by atoms with E-state index >= 15 is 0 Å². The molecule has 2 heterocycles. The lowest BCUT2D eigenvalue weighted by molar-refractivity contribution is -0.115. The van der Waals surface area contributed by atoms with Gasteiger partial charge in [0.2, 0.25) is 5.91 Å². The maximum absolute atomic E-state index is 12.6. The highest BCUT2D eigenvalue weighted by Gasteiger charge is 2.24. The van der Waals surface area contributed by atoms with Gasteiger partial charge < -0.3 is 5.32 Å². The van der Waals surface area contributed by atoms with Gasteiger partial charge in [-0.2, -0.15) is 16.9 Å². The van der Waals surface area contributed by atoms with E-state index in [1.807, 2.05) is 58.9 Å². The van der Waals surface area contributed by atoms with E-state index in [9.17, 15) is 4.79 Å². The Hall–Kier alpha value is -2.53. The van der Waals surface area contributed by atoms with Crippen LogP contribution in [0.25, 0.3) is 5.69 Å². The zero-order valence-corrected chi connectivity index (χ0v) is 14.8. The summed E-state index contributed by atoms with van der Waals surface area (Å²) < 4.78 is 1.87. The van der Waals surface area contributed by atoms with Gasteiger partial charge in [0.1, 0.15) is 5.82 Å². The van der Waals surface area contributed by atoms with Crippen molar-refractivity contribution < 1.29 is 4.79 Å². The minimum atomic E-state index is -0.0147. The van der Waals surface area contributed by atoms with Crippen molar-refractivity contribution >= 4 is 23.5 Å². The van der Waals surface area contributed by atoms with Gasteiger partial charge in [0.25, 0.3) is 0 Å². The van der Waals surface area contributed by atoms with E-state index in [1.165, 1.54) is 5.56 Å². The molecular weight excluding hydrogens is 330 g/mol.